The van der Waals surface area contributed by atoms with Crippen molar-refractivity contribution in [3.8, 4) is 0 Å². The highest BCUT2D eigenvalue weighted by Crippen LogP contribution is 2.10. The summed E-state index contributed by atoms with van der Waals surface area (Å²) < 4.78 is 19.7. The van der Waals surface area contributed by atoms with Gasteiger partial charge < -0.3 is 4.74 Å². The van der Waals surface area contributed by atoms with E-state index in [1.807, 2.05) is 0 Å². The molecular weight excluding hydrogens is 202 g/mol. The van der Waals surface area contributed by atoms with Crippen LogP contribution in [0.3, 0.4) is 0 Å². The number of benzene rings is 1. The van der Waals surface area contributed by atoms with Gasteiger partial charge in [-0.1, -0.05) is 18.2 Å². The molecule has 0 N–H and O–H groups in total. The smallest absolute Gasteiger partial charge is 0.441 e. The molecule has 0 fully saturated rings. The van der Waals surface area contributed by atoms with Gasteiger partial charge in [0.25, 0.3) is 0 Å². The maximum Gasteiger partial charge on any atom is 0.441 e. The fourth-order valence-electron chi connectivity index (χ4n) is 0.905. The average molecular weight is 213 g/mol. The maximum absolute atomic E-state index is 11.9. The molecule has 0 aliphatic rings. The molecule has 1 aromatic rings. The zero-order valence-corrected chi connectivity index (χ0v) is 8.78. The Morgan fingerprint density at radius 1 is 1.36 bits per heavy atom. The van der Waals surface area contributed by atoms with Crippen molar-refractivity contribution in [3.05, 3.63) is 30.3 Å². The molecule has 1 rings (SSSR count). The van der Waals surface area contributed by atoms with Crippen LogP contribution in [0.15, 0.2) is 39.6 Å². The van der Waals surface area contributed by atoms with Gasteiger partial charge in [0.15, 0.2) is 0 Å². The Morgan fingerprint density at radius 2 is 1.93 bits per heavy atom. The van der Waals surface area contributed by atoms with Crippen LogP contribution in [0.1, 0.15) is 0 Å². The third-order valence-electron chi connectivity index (χ3n) is 1.60. The number of hydrogen-bond donors (Lipinski definition) is 0. The number of ether oxygens (including phenoxy) is 1. The minimum atomic E-state index is -2.67. The molecule has 0 radical (unpaired) electrons. The fraction of sp³-hybridized carbons (Fsp3) is 0.222. The third kappa shape index (κ3) is 2.56. The molecule has 0 heterocycles. The van der Waals surface area contributed by atoms with Crippen LogP contribution < -0.4 is 0 Å². The normalized spacial score (nSPS) is 14.1. The summed E-state index contributed by atoms with van der Waals surface area (Å²) in [5, 5.41) is 0. The third-order valence-corrected chi connectivity index (χ3v) is 3.25. The minimum absolute atomic E-state index is 0.519. The summed E-state index contributed by atoms with van der Waals surface area (Å²) in [6.45, 7) is 0. The molecule has 1 amide bonds. The molecule has 0 bridgehead atoms. The molecule has 0 aliphatic heterocycles. The van der Waals surface area contributed by atoms with Crippen molar-refractivity contribution in [1.29, 1.82) is 0 Å². The number of methoxy groups -OCH3 is 1. The van der Waals surface area contributed by atoms with Crippen molar-refractivity contribution >= 4 is 15.8 Å². The zero-order chi connectivity index (χ0) is 10.6. The summed E-state index contributed by atoms with van der Waals surface area (Å²) in [7, 11) is -1.47. The second-order valence-electron chi connectivity index (χ2n) is 2.68. The predicted octanol–water partition coefficient (Wildman–Crippen LogP) is 1.91. The van der Waals surface area contributed by atoms with Gasteiger partial charge in [-0.25, -0.2) is 9.00 Å². The summed E-state index contributed by atoms with van der Waals surface area (Å²) in [6.07, 6.45) is 0.584. The van der Waals surface area contributed by atoms with Crippen LogP contribution in [0, 0.1) is 0 Å². The molecule has 0 saturated heterocycles. The van der Waals surface area contributed by atoms with E-state index in [0.717, 1.165) is 0 Å². The van der Waals surface area contributed by atoms with Crippen LogP contribution in [-0.2, 0) is 14.5 Å². The molecule has 5 heteroatoms. The van der Waals surface area contributed by atoms with Crippen LogP contribution in [0.2, 0.25) is 0 Å². The van der Waals surface area contributed by atoms with Gasteiger partial charge in [-0.3, -0.25) is 0 Å². The summed E-state index contributed by atoms with van der Waals surface area (Å²) in [5.41, 5.74) is 0. The molecule has 0 saturated carbocycles. The first-order valence-corrected chi connectivity index (χ1v) is 5.84. The molecule has 1 aromatic carbocycles. The first-order chi connectivity index (χ1) is 6.56. The van der Waals surface area contributed by atoms with E-state index >= 15 is 0 Å². The summed E-state index contributed by atoms with van der Waals surface area (Å²) in [6, 6.07) is 8.61. The van der Waals surface area contributed by atoms with Crippen molar-refractivity contribution < 1.29 is 13.7 Å². The van der Waals surface area contributed by atoms with Gasteiger partial charge in [0.05, 0.1) is 16.8 Å². The van der Waals surface area contributed by atoms with E-state index in [-0.39, 0.29) is 0 Å². The van der Waals surface area contributed by atoms with Crippen molar-refractivity contribution in [2.75, 3.05) is 13.4 Å². The first-order valence-electron chi connectivity index (χ1n) is 3.91. The molecule has 4 nitrogen and oxygen atoms in total. The quantitative estimate of drug-likeness (QED) is 0.716. The Bertz CT molecular complexity index is 433. The zero-order valence-electron chi connectivity index (χ0n) is 7.97. The topological polar surface area (TPSA) is 55.7 Å². The monoisotopic (exact) mass is 213 g/mol. The lowest BCUT2D eigenvalue weighted by Crippen LogP contribution is -2.02. The lowest BCUT2D eigenvalue weighted by Gasteiger charge is -2.01. The molecule has 0 spiro atoms. The predicted molar refractivity (Wildman–Crippen MR) is 53.6 cm³/mol. The Balaban J connectivity index is 3.15. The lowest BCUT2D eigenvalue weighted by molar-refractivity contribution is 0.183. The number of carbonyl (C=O) groups excluding carboxylic acids is 1. The minimum Gasteiger partial charge on any atom is -0.451 e. The van der Waals surface area contributed by atoms with Gasteiger partial charge in [-0.2, -0.15) is 0 Å². The van der Waals surface area contributed by atoms with Crippen molar-refractivity contribution in [2.45, 2.75) is 4.90 Å². The average Bonchev–Trinajstić information content (AvgIpc) is 2.18. The highest BCUT2D eigenvalue weighted by atomic mass is 32.2. The molecular formula is C9H11NO3S. The molecule has 76 valence electrons. The maximum atomic E-state index is 11.9. The lowest BCUT2D eigenvalue weighted by atomic mass is 10.4. The Morgan fingerprint density at radius 3 is 2.43 bits per heavy atom. The van der Waals surface area contributed by atoms with Crippen LogP contribution >= 0.6 is 0 Å². The van der Waals surface area contributed by atoms with Crippen molar-refractivity contribution in [1.82, 2.24) is 0 Å². The molecule has 14 heavy (non-hydrogen) atoms. The van der Waals surface area contributed by atoms with E-state index in [0.29, 0.717) is 4.90 Å². The number of carbonyl (C=O) groups is 1. The van der Waals surface area contributed by atoms with Crippen molar-refractivity contribution in [3.63, 3.8) is 0 Å². The van der Waals surface area contributed by atoms with Crippen LogP contribution in [-0.4, -0.2) is 23.7 Å². The van der Waals surface area contributed by atoms with E-state index in [9.17, 15) is 9.00 Å². The standard InChI is InChI=1S/C9H11NO3S/c1-13-9(11)10-14(2,12)8-6-4-3-5-7-8/h3-7H,1-2H3. The Labute approximate surface area is 83.1 Å². The van der Waals surface area contributed by atoms with E-state index in [4.69, 9.17) is 0 Å². The van der Waals surface area contributed by atoms with E-state index in [2.05, 4.69) is 9.10 Å². The van der Waals surface area contributed by atoms with Crippen molar-refractivity contribution in [2.24, 2.45) is 4.36 Å². The first kappa shape index (κ1) is 10.7. The van der Waals surface area contributed by atoms with E-state index in [1.165, 1.54) is 13.4 Å². The van der Waals surface area contributed by atoms with Gasteiger partial charge in [0.1, 0.15) is 0 Å². The molecule has 1 unspecified atom stereocenters. The molecule has 0 aliphatic carbocycles. The Hall–Kier alpha value is -1.36. The van der Waals surface area contributed by atoms with Crippen LogP contribution in [0.25, 0.3) is 0 Å². The van der Waals surface area contributed by atoms with E-state index in [1.54, 1.807) is 30.3 Å². The van der Waals surface area contributed by atoms with Crippen LogP contribution in [0.5, 0.6) is 0 Å². The van der Waals surface area contributed by atoms with Gasteiger partial charge in [-0.15, -0.1) is 4.36 Å². The fourth-order valence-corrected chi connectivity index (χ4v) is 2.03. The largest absolute Gasteiger partial charge is 0.451 e. The second kappa shape index (κ2) is 4.23. The van der Waals surface area contributed by atoms with Gasteiger partial charge in [-0.05, 0) is 12.1 Å². The van der Waals surface area contributed by atoms with Gasteiger partial charge >= 0.3 is 6.09 Å². The molecule has 1 atom stereocenters. The Kier molecular flexibility index (Phi) is 3.24. The number of hydrogen-bond acceptors (Lipinski definition) is 3. The van der Waals surface area contributed by atoms with Crippen LogP contribution in [0.4, 0.5) is 4.79 Å². The highest BCUT2D eigenvalue weighted by molar-refractivity contribution is 7.93. The summed E-state index contributed by atoms with van der Waals surface area (Å²) >= 11 is 0. The van der Waals surface area contributed by atoms with Gasteiger partial charge in [0.2, 0.25) is 0 Å². The van der Waals surface area contributed by atoms with E-state index < -0.39 is 15.8 Å². The number of rotatable bonds is 1. The number of amides is 1. The summed E-state index contributed by atoms with van der Waals surface area (Å²) in [4.78, 5) is 11.4. The number of nitrogens with zero attached hydrogens (tertiary/aromatic N) is 1. The van der Waals surface area contributed by atoms with Gasteiger partial charge in [0, 0.05) is 11.2 Å². The summed E-state index contributed by atoms with van der Waals surface area (Å²) in [5.74, 6) is 0. The second-order valence-corrected chi connectivity index (χ2v) is 4.94. The SMILES string of the molecule is COC(=O)N=S(C)(=O)c1ccccc1. The molecule has 0 aromatic heterocycles. The highest BCUT2D eigenvalue weighted by Gasteiger charge is 2.07.